The van der Waals surface area contributed by atoms with Gasteiger partial charge < -0.3 is 14.2 Å². The number of amides is 1. The first-order valence-electron chi connectivity index (χ1n) is 9.53. The zero-order valence-corrected chi connectivity index (χ0v) is 16.4. The number of carbonyl (C=O) groups excluding carboxylic acids is 1. The number of aromatic nitrogens is 1. The molecule has 1 saturated carbocycles. The van der Waals surface area contributed by atoms with Crippen LogP contribution in [0.4, 0.5) is 0 Å². The molecule has 0 unspecified atom stereocenters. The Morgan fingerprint density at radius 2 is 1.86 bits per heavy atom. The molecule has 28 heavy (non-hydrogen) atoms. The van der Waals surface area contributed by atoms with E-state index >= 15 is 0 Å². The standard InChI is InChI=1S/C23H24N2O3/c1-15-4-5-18(12-16(15)2)22-13-19(24-28-22)14-25(20-8-9-20)23(26)17-6-10-21(27-3)11-7-17/h4-7,10-13,20H,8-9,14H2,1-3H3. The number of carbonyl (C=O) groups is 1. The van der Waals surface area contributed by atoms with Crippen molar-refractivity contribution >= 4 is 5.91 Å². The molecule has 1 fully saturated rings. The van der Waals surface area contributed by atoms with E-state index in [0.717, 1.165) is 35.6 Å². The summed E-state index contributed by atoms with van der Waals surface area (Å²) in [6.07, 6.45) is 2.06. The van der Waals surface area contributed by atoms with Crippen molar-refractivity contribution in [3.8, 4) is 17.1 Å². The molecule has 5 nitrogen and oxygen atoms in total. The van der Waals surface area contributed by atoms with E-state index in [1.54, 1.807) is 19.2 Å². The summed E-state index contributed by atoms with van der Waals surface area (Å²) in [6, 6.07) is 15.7. The van der Waals surface area contributed by atoms with Crippen LogP contribution < -0.4 is 4.74 Å². The Kier molecular flexibility index (Phi) is 4.90. The number of nitrogens with zero attached hydrogens (tertiary/aromatic N) is 2. The summed E-state index contributed by atoms with van der Waals surface area (Å²) < 4.78 is 10.7. The van der Waals surface area contributed by atoms with Gasteiger partial charge in [-0.15, -0.1) is 0 Å². The average molecular weight is 376 g/mol. The molecule has 2 aromatic carbocycles. The first kappa shape index (κ1) is 18.3. The van der Waals surface area contributed by atoms with Crippen LogP contribution in [-0.4, -0.2) is 29.1 Å². The molecule has 1 aromatic heterocycles. The van der Waals surface area contributed by atoms with E-state index in [-0.39, 0.29) is 11.9 Å². The number of ether oxygens (including phenoxy) is 1. The summed E-state index contributed by atoms with van der Waals surface area (Å²) >= 11 is 0. The predicted octanol–water partition coefficient (Wildman–Crippen LogP) is 4.77. The summed E-state index contributed by atoms with van der Waals surface area (Å²) in [6.45, 7) is 4.62. The number of hydrogen-bond acceptors (Lipinski definition) is 4. The Morgan fingerprint density at radius 3 is 2.50 bits per heavy atom. The van der Waals surface area contributed by atoms with Crippen LogP contribution in [0, 0.1) is 13.8 Å². The van der Waals surface area contributed by atoms with E-state index in [1.807, 2.05) is 29.2 Å². The summed E-state index contributed by atoms with van der Waals surface area (Å²) in [7, 11) is 1.62. The molecule has 0 aliphatic heterocycles. The monoisotopic (exact) mass is 376 g/mol. The maximum absolute atomic E-state index is 13.0. The Bertz CT molecular complexity index is 987. The minimum Gasteiger partial charge on any atom is -0.497 e. The zero-order valence-electron chi connectivity index (χ0n) is 16.4. The van der Waals surface area contributed by atoms with E-state index < -0.39 is 0 Å². The van der Waals surface area contributed by atoms with Crippen LogP contribution in [0.2, 0.25) is 0 Å². The van der Waals surface area contributed by atoms with Gasteiger partial charge in [0, 0.05) is 23.2 Å². The normalized spacial score (nSPS) is 13.4. The Balaban J connectivity index is 1.53. The zero-order chi connectivity index (χ0) is 19.7. The van der Waals surface area contributed by atoms with Gasteiger partial charge in [0.25, 0.3) is 5.91 Å². The van der Waals surface area contributed by atoms with Crippen molar-refractivity contribution in [3.63, 3.8) is 0 Å². The third kappa shape index (κ3) is 3.79. The van der Waals surface area contributed by atoms with Gasteiger partial charge in [0.15, 0.2) is 5.76 Å². The molecule has 0 saturated heterocycles. The van der Waals surface area contributed by atoms with Gasteiger partial charge in [0.05, 0.1) is 13.7 Å². The lowest BCUT2D eigenvalue weighted by atomic mass is 10.0. The van der Waals surface area contributed by atoms with Crippen molar-refractivity contribution in [3.05, 3.63) is 70.9 Å². The van der Waals surface area contributed by atoms with E-state index in [9.17, 15) is 4.79 Å². The number of benzene rings is 2. The lowest BCUT2D eigenvalue weighted by Crippen LogP contribution is -2.32. The maximum Gasteiger partial charge on any atom is 0.254 e. The second-order valence-electron chi connectivity index (χ2n) is 7.37. The van der Waals surface area contributed by atoms with Gasteiger partial charge in [0.1, 0.15) is 11.4 Å². The largest absolute Gasteiger partial charge is 0.497 e. The van der Waals surface area contributed by atoms with Gasteiger partial charge in [-0.05, 0) is 68.1 Å². The molecule has 0 bridgehead atoms. The molecule has 0 atom stereocenters. The third-order valence-corrected chi connectivity index (χ3v) is 5.27. The van der Waals surface area contributed by atoms with Crippen molar-refractivity contribution in [2.45, 2.75) is 39.3 Å². The van der Waals surface area contributed by atoms with E-state index in [0.29, 0.717) is 12.1 Å². The number of hydrogen-bond donors (Lipinski definition) is 0. The first-order valence-corrected chi connectivity index (χ1v) is 9.53. The molecule has 1 aliphatic rings. The first-order chi connectivity index (χ1) is 13.5. The fourth-order valence-corrected chi connectivity index (χ4v) is 3.24. The number of rotatable bonds is 6. The predicted molar refractivity (Wildman–Crippen MR) is 107 cm³/mol. The van der Waals surface area contributed by atoms with Gasteiger partial charge >= 0.3 is 0 Å². The van der Waals surface area contributed by atoms with Crippen LogP contribution >= 0.6 is 0 Å². The molecule has 0 radical (unpaired) electrons. The summed E-state index contributed by atoms with van der Waals surface area (Å²) in [5, 5.41) is 4.21. The van der Waals surface area contributed by atoms with Crippen LogP contribution in [-0.2, 0) is 6.54 Å². The Hall–Kier alpha value is -3.08. The third-order valence-electron chi connectivity index (χ3n) is 5.27. The van der Waals surface area contributed by atoms with Gasteiger partial charge in [-0.3, -0.25) is 4.79 Å². The number of aryl methyl sites for hydroxylation is 2. The second kappa shape index (κ2) is 7.50. The highest BCUT2D eigenvalue weighted by Crippen LogP contribution is 2.31. The molecular weight excluding hydrogens is 352 g/mol. The van der Waals surface area contributed by atoms with Crippen molar-refractivity contribution in [2.24, 2.45) is 0 Å². The SMILES string of the molecule is COc1ccc(C(=O)N(Cc2cc(-c3ccc(C)c(C)c3)on2)C2CC2)cc1. The van der Waals surface area contributed by atoms with Crippen molar-refractivity contribution < 1.29 is 14.1 Å². The number of methoxy groups -OCH3 is 1. The molecule has 0 N–H and O–H groups in total. The fourth-order valence-electron chi connectivity index (χ4n) is 3.24. The lowest BCUT2D eigenvalue weighted by Gasteiger charge is -2.21. The summed E-state index contributed by atoms with van der Waals surface area (Å²) in [4.78, 5) is 14.9. The molecule has 0 spiro atoms. The van der Waals surface area contributed by atoms with E-state index in [2.05, 4.69) is 31.1 Å². The minimum atomic E-state index is 0.0147. The molecule has 4 rings (SSSR count). The Morgan fingerprint density at radius 1 is 1.11 bits per heavy atom. The molecule has 1 amide bonds. The van der Waals surface area contributed by atoms with Crippen LogP contribution in [0.5, 0.6) is 5.75 Å². The van der Waals surface area contributed by atoms with Crippen molar-refractivity contribution in [1.82, 2.24) is 10.1 Å². The van der Waals surface area contributed by atoms with Crippen LogP contribution in [0.3, 0.4) is 0 Å². The highest BCUT2D eigenvalue weighted by molar-refractivity contribution is 5.94. The van der Waals surface area contributed by atoms with Gasteiger partial charge in [-0.25, -0.2) is 0 Å². The van der Waals surface area contributed by atoms with Crippen LogP contribution in [0.1, 0.15) is 40.0 Å². The van der Waals surface area contributed by atoms with Crippen molar-refractivity contribution in [2.75, 3.05) is 7.11 Å². The maximum atomic E-state index is 13.0. The van der Waals surface area contributed by atoms with Crippen molar-refractivity contribution in [1.29, 1.82) is 0 Å². The molecule has 3 aromatic rings. The average Bonchev–Trinajstić information content (AvgIpc) is 3.45. The minimum absolute atomic E-state index is 0.0147. The van der Waals surface area contributed by atoms with Gasteiger partial charge in [-0.1, -0.05) is 17.3 Å². The van der Waals surface area contributed by atoms with E-state index in [4.69, 9.17) is 9.26 Å². The van der Waals surface area contributed by atoms with E-state index in [1.165, 1.54) is 11.1 Å². The highest BCUT2D eigenvalue weighted by atomic mass is 16.5. The second-order valence-corrected chi connectivity index (χ2v) is 7.37. The summed E-state index contributed by atoms with van der Waals surface area (Å²) in [5.41, 5.74) is 4.88. The highest BCUT2D eigenvalue weighted by Gasteiger charge is 2.33. The van der Waals surface area contributed by atoms with Gasteiger partial charge in [-0.2, -0.15) is 0 Å². The lowest BCUT2D eigenvalue weighted by molar-refractivity contribution is 0.0726. The fraction of sp³-hybridized carbons (Fsp3) is 0.304. The molecule has 5 heteroatoms. The molecular formula is C23H24N2O3. The summed E-state index contributed by atoms with van der Waals surface area (Å²) in [5.74, 6) is 1.48. The molecule has 144 valence electrons. The topological polar surface area (TPSA) is 55.6 Å². The molecule has 1 aliphatic carbocycles. The Labute approximate surface area is 164 Å². The molecule has 1 heterocycles. The van der Waals surface area contributed by atoms with Crippen LogP contribution in [0.15, 0.2) is 53.1 Å². The quantitative estimate of drug-likeness (QED) is 0.622. The van der Waals surface area contributed by atoms with Crippen LogP contribution in [0.25, 0.3) is 11.3 Å². The van der Waals surface area contributed by atoms with Gasteiger partial charge in [0.2, 0.25) is 0 Å². The smallest absolute Gasteiger partial charge is 0.254 e.